The summed E-state index contributed by atoms with van der Waals surface area (Å²) in [5.41, 5.74) is 2.26. The fourth-order valence-electron chi connectivity index (χ4n) is 4.37. The summed E-state index contributed by atoms with van der Waals surface area (Å²) in [5.74, 6) is 1.17. The Morgan fingerprint density at radius 2 is 1.65 bits per heavy atom. The predicted octanol–water partition coefficient (Wildman–Crippen LogP) is 5.64. The maximum Gasteiger partial charge on any atom is 0.262 e. The zero-order valence-electron chi connectivity index (χ0n) is 20.1. The number of benzene rings is 2. The summed E-state index contributed by atoms with van der Waals surface area (Å²) in [7, 11) is 0. The zero-order chi connectivity index (χ0) is 23.0. The van der Waals surface area contributed by atoms with Crippen molar-refractivity contribution in [3.63, 3.8) is 0 Å². The van der Waals surface area contributed by atoms with E-state index in [-0.39, 0.29) is 18.0 Å². The Bertz CT molecular complexity index is 1120. The SMILES string of the molecule is CCCSc1ccccc1N1CCN(CCCCn2c(SC)nc3ccccc3c2=O)CC1.Cl. The van der Waals surface area contributed by atoms with E-state index in [0.717, 1.165) is 62.8 Å². The van der Waals surface area contributed by atoms with E-state index >= 15 is 0 Å². The molecule has 0 aliphatic carbocycles. The van der Waals surface area contributed by atoms with E-state index < -0.39 is 0 Å². The first-order chi connectivity index (χ1) is 16.2. The molecule has 0 amide bonds. The number of anilines is 1. The van der Waals surface area contributed by atoms with Gasteiger partial charge in [0.25, 0.3) is 5.56 Å². The molecule has 4 rings (SSSR count). The van der Waals surface area contributed by atoms with Gasteiger partial charge in [-0.1, -0.05) is 43.0 Å². The van der Waals surface area contributed by atoms with Crippen LogP contribution in [0.25, 0.3) is 10.9 Å². The molecule has 184 valence electrons. The third kappa shape index (κ3) is 6.51. The Labute approximate surface area is 217 Å². The van der Waals surface area contributed by atoms with Gasteiger partial charge < -0.3 is 4.90 Å². The smallest absolute Gasteiger partial charge is 0.262 e. The standard InChI is InChI=1S/C26H34N4OS2.ClH/c1-3-20-33-24-13-7-6-12-23(24)29-18-16-28(17-19-29)14-8-9-15-30-25(31)21-10-4-5-11-22(21)27-26(30)32-2;/h4-7,10-13H,3,8-9,14-20H2,1-2H3;1H. The van der Waals surface area contributed by atoms with Crippen molar-refractivity contribution in [2.24, 2.45) is 0 Å². The number of para-hydroxylation sites is 2. The molecular weight excluding hydrogens is 484 g/mol. The lowest BCUT2D eigenvalue weighted by atomic mass is 10.2. The van der Waals surface area contributed by atoms with Gasteiger partial charge in [-0.2, -0.15) is 0 Å². The van der Waals surface area contributed by atoms with Gasteiger partial charge in [0, 0.05) is 37.6 Å². The van der Waals surface area contributed by atoms with E-state index in [2.05, 4.69) is 41.0 Å². The van der Waals surface area contributed by atoms with Crippen molar-refractivity contribution >= 4 is 52.5 Å². The summed E-state index contributed by atoms with van der Waals surface area (Å²) in [6.07, 6.45) is 5.28. The minimum Gasteiger partial charge on any atom is -0.368 e. The molecule has 0 N–H and O–H groups in total. The second kappa shape index (κ2) is 13.4. The monoisotopic (exact) mass is 518 g/mol. The van der Waals surface area contributed by atoms with Gasteiger partial charge in [0.1, 0.15) is 0 Å². The van der Waals surface area contributed by atoms with Gasteiger partial charge in [0.05, 0.1) is 16.6 Å². The van der Waals surface area contributed by atoms with Crippen LogP contribution < -0.4 is 10.5 Å². The maximum atomic E-state index is 13.0. The molecule has 3 aromatic rings. The van der Waals surface area contributed by atoms with Crippen LogP contribution in [0.1, 0.15) is 26.2 Å². The Kier molecular flexibility index (Phi) is 10.6. The first-order valence-electron chi connectivity index (χ1n) is 11.9. The molecule has 1 fully saturated rings. The van der Waals surface area contributed by atoms with E-state index in [1.165, 1.54) is 22.8 Å². The van der Waals surface area contributed by atoms with Crippen LogP contribution in [0.2, 0.25) is 0 Å². The summed E-state index contributed by atoms with van der Waals surface area (Å²) in [5, 5.41) is 1.52. The third-order valence-electron chi connectivity index (χ3n) is 6.16. The topological polar surface area (TPSA) is 41.4 Å². The molecule has 0 unspecified atom stereocenters. The number of aromatic nitrogens is 2. The molecule has 1 saturated heterocycles. The van der Waals surface area contributed by atoms with E-state index in [4.69, 9.17) is 4.98 Å². The predicted molar refractivity (Wildman–Crippen MR) is 150 cm³/mol. The van der Waals surface area contributed by atoms with E-state index in [1.807, 2.05) is 46.9 Å². The lowest BCUT2D eigenvalue weighted by Gasteiger charge is -2.37. The van der Waals surface area contributed by atoms with Gasteiger partial charge in [-0.25, -0.2) is 4.98 Å². The van der Waals surface area contributed by atoms with Gasteiger partial charge >= 0.3 is 0 Å². The highest BCUT2D eigenvalue weighted by atomic mass is 35.5. The van der Waals surface area contributed by atoms with Crippen molar-refractivity contribution in [1.29, 1.82) is 0 Å². The molecule has 0 atom stereocenters. The lowest BCUT2D eigenvalue weighted by molar-refractivity contribution is 0.250. The number of fused-ring (bicyclic) bond motifs is 1. The van der Waals surface area contributed by atoms with Crippen molar-refractivity contribution < 1.29 is 0 Å². The first kappa shape index (κ1) is 26.9. The summed E-state index contributed by atoms with van der Waals surface area (Å²) in [6.45, 7) is 8.41. The van der Waals surface area contributed by atoms with Crippen molar-refractivity contribution in [1.82, 2.24) is 14.5 Å². The molecule has 0 spiro atoms. The second-order valence-corrected chi connectivity index (χ2v) is 10.3. The molecule has 1 aromatic heterocycles. The average Bonchev–Trinajstić information content (AvgIpc) is 2.87. The van der Waals surface area contributed by atoms with Crippen LogP contribution in [0.4, 0.5) is 5.69 Å². The fourth-order valence-corrected chi connectivity index (χ4v) is 5.90. The number of nitrogens with zero attached hydrogens (tertiary/aromatic N) is 4. The summed E-state index contributed by atoms with van der Waals surface area (Å²) >= 11 is 3.52. The van der Waals surface area contributed by atoms with E-state index in [9.17, 15) is 4.79 Å². The molecule has 0 bridgehead atoms. The minimum atomic E-state index is 0. The summed E-state index contributed by atoms with van der Waals surface area (Å²) in [6, 6.07) is 16.5. The Hall–Kier alpha value is -1.67. The third-order valence-corrected chi connectivity index (χ3v) is 8.10. The number of thioether (sulfide) groups is 2. The van der Waals surface area contributed by atoms with Gasteiger partial charge in [0.15, 0.2) is 5.16 Å². The van der Waals surface area contributed by atoms with E-state index in [0.29, 0.717) is 5.39 Å². The molecule has 34 heavy (non-hydrogen) atoms. The average molecular weight is 519 g/mol. The summed E-state index contributed by atoms with van der Waals surface area (Å²) < 4.78 is 1.86. The molecule has 0 saturated carbocycles. The Balaban J connectivity index is 0.00000324. The van der Waals surface area contributed by atoms with Gasteiger partial charge in [0.2, 0.25) is 0 Å². The Morgan fingerprint density at radius 1 is 0.941 bits per heavy atom. The van der Waals surface area contributed by atoms with Gasteiger partial charge in [-0.3, -0.25) is 14.3 Å². The summed E-state index contributed by atoms with van der Waals surface area (Å²) in [4.78, 5) is 24.2. The number of rotatable bonds is 10. The molecule has 5 nitrogen and oxygen atoms in total. The van der Waals surface area contributed by atoms with Crippen LogP contribution in [0, 0.1) is 0 Å². The molecule has 0 radical (unpaired) electrons. The van der Waals surface area contributed by atoms with Crippen molar-refractivity contribution in [3.05, 3.63) is 58.9 Å². The number of halogens is 1. The second-order valence-electron chi connectivity index (χ2n) is 8.42. The first-order valence-corrected chi connectivity index (χ1v) is 14.1. The van der Waals surface area contributed by atoms with Crippen molar-refractivity contribution in [2.45, 2.75) is 42.8 Å². The number of unbranched alkanes of at least 4 members (excludes halogenated alkanes) is 1. The number of hydrogen-bond donors (Lipinski definition) is 0. The minimum absolute atomic E-state index is 0. The van der Waals surface area contributed by atoms with Crippen LogP contribution in [-0.2, 0) is 6.54 Å². The largest absolute Gasteiger partial charge is 0.368 e. The zero-order valence-corrected chi connectivity index (χ0v) is 22.6. The number of piperazine rings is 1. The lowest BCUT2D eigenvalue weighted by Crippen LogP contribution is -2.46. The highest BCUT2D eigenvalue weighted by Crippen LogP contribution is 2.31. The van der Waals surface area contributed by atoms with Crippen LogP contribution in [0.5, 0.6) is 0 Å². The van der Waals surface area contributed by atoms with Gasteiger partial charge in [-0.05, 0) is 62.1 Å². The number of hydrogen-bond acceptors (Lipinski definition) is 6. The molecule has 2 heterocycles. The quantitative estimate of drug-likeness (QED) is 0.196. The Morgan fingerprint density at radius 3 is 2.41 bits per heavy atom. The van der Waals surface area contributed by atoms with Crippen LogP contribution in [0.15, 0.2) is 63.4 Å². The van der Waals surface area contributed by atoms with Crippen molar-refractivity contribution in [2.75, 3.05) is 49.6 Å². The molecule has 2 aromatic carbocycles. The van der Waals surface area contributed by atoms with Crippen molar-refractivity contribution in [3.8, 4) is 0 Å². The van der Waals surface area contributed by atoms with Crippen LogP contribution >= 0.6 is 35.9 Å². The maximum absolute atomic E-state index is 13.0. The normalized spacial score (nSPS) is 14.4. The molecule has 8 heteroatoms. The van der Waals surface area contributed by atoms with E-state index in [1.54, 1.807) is 11.8 Å². The fraction of sp³-hybridized carbons (Fsp3) is 0.462. The van der Waals surface area contributed by atoms with Crippen LogP contribution in [-0.4, -0.2) is 59.2 Å². The van der Waals surface area contributed by atoms with Gasteiger partial charge in [-0.15, -0.1) is 24.2 Å². The van der Waals surface area contributed by atoms with Crippen LogP contribution in [0.3, 0.4) is 0 Å². The highest BCUT2D eigenvalue weighted by molar-refractivity contribution is 7.99. The molecule has 1 aliphatic heterocycles. The molecular formula is C26H35ClN4OS2. The molecule has 1 aliphatic rings. The highest BCUT2D eigenvalue weighted by Gasteiger charge is 2.19.